The van der Waals surface area contributed by atoms with Crippen molar-refractivity contribution in [1.29, 1.82) is 0 Å². The second kappa shape index (κ2) is 12.0. The number of furan rings is 1. The van der Waals surface area contributed by atoms with Crippen molar-refractivity contribution in [3.63, 3.8) is 0 Å². The Labute approximate surface area is 321 Å². The Morgan fingerprint density at radius 3 is 1.88 bits per heavy atom. The standard InChI is InChI=1S/C52H31N3O/c1-2-13-34(14-3-1)45-31-46(39-22-21-32-11-4-5-15-35(32)27-39)54-52(53-45)55-47-29-37-17-7-6-16-36(37)28-44(47)42-20-10-19-41(51(42)55)38-23-25-43-49(30-38)56-48-26-24-33-12-8-9-18-40(33)50(43)48/h1-31H. The summed E-state index contributed by atoms with van der Waals surface area (Å²) in [6, 6.07) is 66.7. The molecule has 0 aliphatic heterocycles. The number of aromatic nitrogens is 3. The van der Waals surface area contributed by atoms with E-state index in [0.717, 1.165) is 82.8 Å². The van der Waals surface area contributed by atoms with Crippen LogP contribution in [0.5, 0.6) is 0 Å². The Morgan fingerprint density at radius 2 is 1.04 bits per heavy atom. The zero-order valence-corrected chi connectivity index (χ0v) is 30.1. The third kappa shape index (κ3) is 4.73. The molecule has 0 N–H and O–H groups in total. The fraction of sp³-hybridized carbons (Fsp3) is 0. The van der Waals surface area contributed by atoms with E-state index in [2.05, 4.69) is 187 Å². The Morgan fingerprint density at radius 1 is 0.375 bits per heavy atom. The number of rotatable bonds is 4. The summed E-state index contributed by atoms with van der Waals surface area (Å²) >= 11 is 0. The highest BCUT2D eigenvalue weighted by Crippen LogP contribution is 2.42. The van der Waals surface area contributed by atoms with Gasteiger partial charge in [-0.15, -0.1) is 0 Å². The first kappa shape index (κ1) is 30.9. The predicted octanol–water partition coefficient (Wildman–Crippen LogP) is 13.9. The fourth-order valence-electron chi connectivity index (χ4n) is 8.69. The zero-order chi connectivity index (χ0) is 36.7. The molecule has 3 aromatic heterocycles. The fourth-order valence-corrected chi connectivity index (χ4v) is 8.69. The van der Waals surface area contributed by atoms with Crippen LogP contribution in [0.2, 0.25) is 0 Å². The summed E-state index contributed by atoms with van der Waals surface area (Å²) in [6.07, 6.45) is 0. The molecule has 0 aliphatic rings. The monoisotopic (exact) mass is 713 g/mol. The summed E-state index contributed by atoms with van der Waals surface area (Å²) in [7, 11) is 0. The molecule has 0 spiro atoms. The number of hydrogen-bond donors (Lipinski definition) is 0. The molecule has 0 fully saturated rings. The van der Waals surface area contributed by atoms with E-state index in [4.69, 9.17) is 14.4 Å². The van der Waals surface area contributed by atoms with Crippen molar-refractivity contribution in [3.8, 4) is 39.6 Å². The van der Waals surface area contributed by atoms with Crippen molar-refractivity contribution in [1.82, 2.24) is 14.5 Å². The molecule has 4 nitrogen and oxygen atoms in total. The van der Waals surface area contributed by atoms with Crippen molar-refractivity contribution in [3.05, 3.63) is 188 Å². The van der Waals surface area contributed by atoms with Crippen LogP contribution >= 0.6 is 0 Å². The van der Waals surface area contributed by atoms with Crippen molar-refractivity contribution in [2.45, 2.75) is 0 Å². The molecule has 0 unspecified atom stereocenters. The average molecular weight is 714 g/mol. The maximum Gasteiger partial charge on any atom is 0.235 e. The van der Waals surface area contributed by atoms with Gasteiger partial charge in [-0.25, -0.2) is 9.97 Å². The van der Waals surface area contributed by atoms with E-state index in [1.165, 1.54) is 26.9 Å². The van der Waals surface area contributed by atoms with Gasteiger partial charge in [0, 0.05) is 38.2 Å². The van der Waals surface area contributed by atoms with Crippen LogP contribution in [0.4, 0.5) is 0 Å². The smallest absolute Gasteiger partial charge is 0.235 e. The Balaban J connectivity index is 1.16. The molecule has 0 saturated heterocycles. The summed E-state index contributed by atoms with van der Waals surface area (Å²) in [5.74, 6) is 0.619. The third-order valence-corrected chi connectivity index (χ3v) is 11.4. The summed E-state index contributed by atoms with van der Waals surface area (Å²) < 4.78 is 8.87. The van der Waals surface area contributed by atoms with Gasteiger partial charge >= 0.3 is 0 Å². The van der Waals surface area contributed by atoms with E-state index in [0.29, 0.717) is 5.95 Å². The van der Waals surface area contributed by atoms with Crippen LogP contribution in [-0.4, -0.2) is 14.5 Å². The molecule has 0 amide bonds. The average Bonchev–Trinajstić information content (AvgIpc) is 3.81. The number of benzene rings is 9. The van der Waals surface area contributed by atoms with Gasteiger partial charge < -0.3 is 4.42 Å². The second-order valence-corrected chi connectivity index (χ2v) is 14.6. The number of para-hydroxylation sites is 1. The molecule has 9 aromatic carbocycles. The quantitative estimate of drug-likeness (QED) is 0.182. The van der Waals surface area contributed by atoms with E-state index in [-0.39, 0.29) is 0 Å². The van der Waals surface area contributed by atoms with Gasteiger partial charge in [-0.1, -0.05) is 146 Å². The van der Waals surface area contributed by atoms with Crippen molar-refractivity contribution >= 4 is 76.1 Å². The van der Waals surface area contributed by atoms with Gasteiger partial charge in [0.15, 0.2) is 0 Å². The maximum absolute atomic E-state index is 6.59. The van der Waals surface area contributed by atoms with E-state index in [9.17, 15) is 0 Å². The molecule has 260 valence electrons. The lowest BCUT2D eigenvalue weighted by molar-refractivity contribution is 0.669. The lowest BCUT2D eigenvalue weighted by atomic mass is 9.99. The van der Waals surface area contributed by atoms with E-state index < -0.39 is 0 Å². The second-order valence-electron chi connectivity index (χ2n) is 14.6. The molecule has 12 rings (SSSR count). The van der Waals surface area contributed by atoms with Crippen molar-refractivity contribution < 1.29 is 4.42 Å². The van der Waals surface area contributed by atoms with Gasteiger partial charge in [-0.3, -0.25) is 4.57 Å². The van der Waals surface area contributed by atoms with Gasteiger partial charge in [0.05, 0.1) is 22.4 Å². The van der Waals surface area contributed by atoms with Gasteiger partial charge in [0.25, 0.3) is 0 Å². The van der Waals surface area contributed by atoms with Crippen LogP contribution in [0.15, 0.2) is 192 Å². The molecule has 3 heterocycles. The number of nitrogens with zero attached hydrogens (tertiary/aromatic N) is 3. The summed E-state index contributed by atoms with van der Waals surface area (Å²) in [5.41, 5.74) is 9.80. The molecule has 0 bridgehead atoms. The van der Waals surface area contributed by atoms with Crippen LogP contribution in [0.1, 0.15) is 0 Å². The molecule has 12 aromatic rings. The van der Waals surface area contributed by atoms with Crippen LogP contribution in [0.3, 0.4) is 0 Å². The topological polar surface area (TPSA) is 43.9 Å². The van der Waals surface area contributed by atoms with E-state index in [1.807, 2.05) is 6.07 Å². The minimum atomic E-state index is 0.619. The molecular formula is C52H31N3O. The summed E-state index contributed by atoms with van der Waals surface area (Å²) in [5, 5.41) is 11.7. The predicted molar refractivity (Wildman–Crippen MR) is 232 cm³/mol. The number of fused-ring (bicyclic) bond motifs is 10. The van der Waals surface area contributed by atoms with E-state index >= 15 is 0 Å². The molecule has 0 saturated carbocycles. The first-order valence-electron chi connectivity index (χ1n) is 19.0. The highest BCUT2D eigenvalue weighted by molar-refractivity contribution is 6.20. The Kier molecular flexibility index (Phi) is 6.60. The first-order chi connectivity index (χ1) is 27.7. The van der Waals surface area contributed by atoms with Gasteiger partial charge in [0.1, 0.15) is 11.2 Å². The van der Waals surface area contributed by atoms with Crippen LogP contribution in [0, 0.1) is 0 Å². The Hall–Kier alpha value is -7.56. The highest BCUT2D eigenvalue weighted by atomic mass is 16.3. The largest absolute Gasteiger partial charge is 0.456 e. The zero-order valence-electron chi connectivity index (χ0n) is 30.1. The van der Waals surface area contributed by atoms with Crippen LogP contribution in [-0.2, 0) is 0 Å². The van der Waals surface area contributed by atoms with Gasteiger partial charge in [-0.05, 0) is 80.3 Å². The highest BCUT2D eigenvalue weighted by Gasteiger charge is 2.21. The van der Waals surface area contributed by atoms with Crippen molar-refractivity contribution in [2.24, 2.45) is 0 Å². The Bertz CT molecular complexity index is 3540. The normalized spacial score (nSPS) is 11.9. The molecule has 0 aliphatic carbocycles. The minimum Gasteiger partial charge on any atom is -0.456 e. The van der Waals surface area contributed by atoms with Gasteiger partial charge in [-0.2, -0.15) is 0 Å². The van der Waals surface area contributed by atoms with Gasteiger partial charge in [0.2, 0.25) is 5.95 Å². The lowest BCUT2D eigenvalue weighted by Crippen LogP contribution is -2.04. The first-order valence-corrected chi connectivity index (χ1v) is 19.0. The molecule has 0 atom stereocenters. The van der Waals surface area contributed by atoms with Crippen molar-refractivity contribution in [2.75, 3.05) is 0 Å². The molecule has 4 heteroatoms. The number of hydrogen-bond acceptors (Lipinski definition) is 3. The van der Waals surface area contributed by atoms with E-state index in [1.54, 1.807) is 0 Å². The maximum atomic E-state index is 6.59. The molecular weight excluding hydrogens is 683 g/mol. The summed E-state index contributed by atoms with van der Waals surface area (Å²) in [6.45, 7) is 0. The lowest BCUT2D eigenvalue weighted by Gasteiger charge is -2.14. The van der Waals surface area contributed by atoms with Crippen LogP contribution < -0.4 is 0 Å². The SMILES string of the molecule is c1ccc(-c2cc(-c3ccc4ccccc4c3)nc(-n3c4cc5ccccc5cc4c4cccc(-c5ccc6c(c5)oc5ccc7ccccc7c56)c43)n2)cc1. The molecule has 56 heavy (non-hydrogen) atoms. The van der Waals surface area contributed by atoms with Crippen LogP contribution in [0.25, 0.3) is 116 Å². The molecule has 0 radical (unpaired) electrons. The minimum absolute atomic E-state index is 0.619. The third-order valence-electron chi connectivity index (χ3n) is 11.4. The summed E-state index contributed by atoms with van der Waals surface area (Å²) in [4.78, 5) is 10.8.